The number of nitrogens with zero attached hydrogens (tertiary/aromatic N) is 1. The van der Waals surface area contributed by atoms with Crippen molar-refractivity contribution in [1.82, 2.24) is 5.48 Å². The minimum Gasteiger partial charge on any atom is -0.298 e. The van der Waals surface area contributed by atoms with Crippen molar-refractivity contribution in [1.29, 1.82) is 0 Å². The fraction of sp³-hybridized carbons (Fsp3) is 0.231. The number of hydrogen-bond donors (Lipinski definition) is 2. The molecule has 0 atom stereocenters. The predicted molar refractivity (Wildman–Crippen MR) is 67.3 cm³/mol. The van der Waals surface area contributed by atoms with Gasteiger partial charge in [-0.05, 0) is 24.1 Å². The van der Waals surface area contributed by atoms with Crippen molar-refractivity contribution < 1.29 is 10.0 Å². The smallest absolute Gasteiger partial charge is 0.150 e. The summed E-state index contributed by atoms with van der Waals surface area (Å²) in [5.41, 5.74) is 3.68. The van der Waals surface area contributed by atoms with Crippen LogP contribution in [0.25, 0.3) is 0 Å². The number of aliphatic imine (C=N–C) groups is 1. The number of hydrogen-bond acceptors (Lipinski definition) is 4. The van der Waals surface area contributed by atoms with Gasteiger partial charge in [0, 0.05) is 18.2 Å². The number of carbonyl (C=O) groups is 1. The number of carbonyl (C=O) groups excluding carboxylic acids is 1. The van der Waals surface area contributed by atoms with Crippen LogP contribution in [0.1, 0.15) is 29.3 Å². The van der Waals surface area contributed by atoms with E-state index in [9.17, 15) is 4.79 Å². The van der Waals surface area contributed by atoms with Gasteiger partial charge in [-0.25, -0.2) is 4.99 Å². The van der Waals surface area contributed by atoms with Crippen LogP contribution in [0.2, 0.25) is 0 Å². The summed E-state index contributed by atoms with van der Waals surface area (Å²) in [6, 6.07) is 7.33. The molecular formula is C13H16N2O2. The first-order valence-electron chi connectivity index (χ1n) is 5.47. The second-order valence-corrected chi connectivity index (χ2v) is 3.49. The van der Waals surface area contributed by atoms with Gasteiger partial charge < -0.3 is 0 Å². The van der Waals surface area contributed by atoms with Crippen molar-refractivity contribution in [3.05, 3.63) is 47.3 Å². The Balaban J connectivity index is 2.63. The highest BCUT2D eigenvalue weighted by Crippen LogP contribution is 2.03. The Morgan fingerprint density at radius 3 is 3.00 bits per heavy atom. The summed E-state index contributed by atoms with van der Waals surface area (Å²) in [7, 11) is 0. The lowest BCUT2D eigenvalue weighted by molar-refractivity contribution is 0.112. The van der Waals surface area contributed by atoms with E-state index in [1.807, 2.05) is 30.6 Å². The number of aldehydes is 1. The maximum atomic E-state index is 10.6. The lowest BCUT2D eigenvalue weighted by Crippen LogP contribution is -2.04. The van der Waals surface area contributed by atoms with Crippen molar-refractivity contribution in [3.63, 3.8) is 0 Å². The van der Waals surface area contributed by atoms with Crippen molar-refractivity contribution in [2.24, 2.45) is 4.99 Å². The molecule has 0 unspecified atom stereocenters. The predicted octanol–water partition coefficient (Wildman–Crippen LogP) is 2.34. The van der Waals surface area contributed by atoms with E-state index in [1.165, 1.54) is 0 Å². The molecule has 2 N–H and O–H groups in total. The SMILES string of the molecule is CC/C=C(\N=C/Cc1cccc(C=O)c1)NO. The van der Waals surface area contributed by atoms with E-state index in [0.717, 1.165) is 18.3 Å². The third-order valence-electron chi connectivity index (χ3n) is 2.16. The van der Waals surface area contributed by atoms with E-state index >= 15 is 0 Å². The van der Waals surface area contributed by atoms with Crippen LogP contribution in [0.4, 0.5) is 0 Å². The molecule has 0 amide bonds. The molecule has 0 aromatic heterocycles. The second-order valence-electron chi connectivity index (χ2n) is 3.49. The van der Waals surface area contributed by atoms with Crippen LogP contribution in [0.3, 0.4) is 0 Å². The van der Waals surface area contributed by atoms with E-state index < -0.39 is 0 Å². The van der Waals surface area contributed by atoms with Crippen molar-refractivity contribution >= 4 is 12.5 Å². The third-order valence-corrected chi connectivity index (χ3v) is 2.16. The number of nitrogens with one attached hydrogen (secondary N) is 1. The highest BCUT2D eigenvalue weighted by atomic mass is 16.5. The molecule has 0 aliphatic heterocycles. The summed E-state index contributed by atoms with van der Waals surface area (Å²) in [4.78, 5) is 14.7. The summed E-state index contributed by atoms with van der Waals surface area (Å²) in [6.45, 7) is 1.96. The van der Waals surface area contributed by atoms with Crippen molar-refractivity contribution in [2.75, 3.05) is 0 Å². The van der Waals surface area contributed by atoms with E-state index in [1.54, 1.807) is 18.4 Å². The molecule has 4 nitrogen and oxygen atoms in total. The van der Waals surface area contributed by atoms with Gasteiger partial charge in [-0.3, -0.25) is 15.5 Å². The first kappa shape index (κ1) is 13.1. The molecule has 0 aliphatic rings. The summed E-state index contributed by atoms with van der Waals surface area (Å²) in [6.07, 6.45) is 5.69. The molecule has 90 valence electrons. The maximum Gasteiger partial charge on any atom is 0.150 e. The Morgan fingerprint density at radius 1 is 1.53 bits per heavy atom. The summed E-state index contributed by atoms with van der Waals surface area (Å²) in [5.74, 6) is 0.430. The van der Waals surface area contributed by atoms with Crippen LogP contribution >= 0.6 is 0 Å². The van der Waals surface area contributed by atoms with Gasteiger partial charge in [0.15, 0.2) is 0 Å². The van der Waals surface area contributed by atoms with E-state index in [4.69, 9.17) is 5.21 Å². The number of allylic oxidation sites excluding steroid dienone is 1. The summed E-state index contributed by atoms with van der Waals surface area (Å²) in [5, 5.41) is 8.76. The maximum absolute atomic E-state index is 10.6. The van der Waals surface area contributed by atoms with Gasteiger partial charge in [0.2, 0.25) is 0 Å². The van der Waals surface area contributed by atoms with Crippen LogP contribution in [-0.2, 0) is 6.42 Å². The van der Waals surface area contributed by atoms with Gasteiger partial charge in [0.05, 0.1) is 0 Å². The first-order valence-corrected chi connectivity index (χ1v) is 5.47. The molecule has 0 heterocycles. The highest BCUT2D eigenvalue weighted by Gasteiger charge is 1.93. The normalized spacial score (nSPS) is 11.8. The van der Waals surface area contributed by atoms with Crippen molar-refractivity contribution in [2.45, 2.75) is 19.8 Å². The molecule has 0 spiro atoms. The topological polar surface area (TPSA) is 61.7 Å². The van der Waals surface area contributed by atoms with E-state index in [0.29, 0.717) is 17.8 Å². The lowest BCUT2D eigenvalue weighted by Gasteiger charge is -1.99. The van der Waals surface area contributed by atoms with Crippen LogP contribution < -0.4 is 5.48 Å². The lowest BCUT2D eigenvalue weighted by atomic mass is 10.1. The Morgan fingerprint density at radius 2 is 2.35 bits per heavy atom. The van der Waals surface area contributed by atoms with E-state index in [2.05, 4.69) is 4.99 Å². The number of benzene rings is 1. The second kappa shape index (κ2) is 7.35. The van der Waals surface area contributed by atoms with Gasteiger partial charge in [-0.2, -0.15) is 0 Å². The number of rotatable bonds is 6. The summed E-state index contributed by atoms with van der Waals surface area (Å²) < 4.78 is 0. The number of hydroxylamine groups is 1. The zero-order valence-corrected chi connectivity index (χ0v) is 9.76. The Hall–Kier alpha value is -1.94. The fourth-order valence-corrected chi connectivity index (χ4v) is 1.36. The molecule has 1 aromatic carbocycles. The van der Waals surface area contributed by atoms with Crippen LogP contribution in [0.5, 0.6) is 0 Å². The minimum atomic E-state index is 0.430. The fourth-order valence-electron chi connectivity index (χ4n) is 1.36. The van der Waals surface area contributed by atoms with E-state index in [-0.39, 0.29) is 0 Å². The van der Waals surface area contributed by atoms with Crippen LogP contribution in [-0.4, -0.2) is 17.7 Å². The molecular weight excluding hydrogens is 216 g/mol. The molecule has 4 heteroatoms. The molecule has 0 fully saturated rings. The minimum absolute atomic E-state index is 0.430. The third kappa shape index (κ3) is 4.61. The summed E-state index contributed by atoms with van der Waals surface area (Å²) >= 11 is 0. The molecule has 0 bridgehead atoms. The van der Waals surface area contributed by atoms with Gasteiger partial charge in [0.1, 0.15) is 12.1 Å². The van der Waals surface area contributed by atoms with Gasteiger partial charge in [-0.15, -0.1) is 0 Å². The monoisotopic (exact) mass is 232 g/mol. The molecule has 0 saturated heterocycles. The van der Waals surface area contributed by atoms with Gasteiger partial charge in [0.25, 0.3) is 0 Å². The van der Waals surface area contributed by atoms with Crippen molar-refractivity contribution in [3.8, 4) is 0 Å². The molecule has 0 saturated carbocycles. The standard InChI is InChI=1S/C13H16N2O2/c1-2-4-13(15-17)14-8-7-11-5-3-6-12(9-11)10-16/h3-6,8-10,15,17H,2,7H2,1H3/b13-4+,14-8-. The van der Waals surface area contributed by atoms with Crippen LogP contribution in [0.15, 0.2) is 41.2 Å². The Bertz CT molecular complexity index is 425. The van der Waals surface area contributed by atoms with Gasteiger partial charge >= 0.3 is 0 Å². The Labute approximate surface area is 101 Å². The largest absolute Gasteiger partial charge is 0.298 e. The molecule has 0 aliphatic carbocycles. The first-order chi connectivity index (χ1) is 8.30. The quantitative estimate of drug-likeness (QED) is 0.449. The average Bonchev–Trinajstić information content (AvgIpc) is 2.38. The molecule has 1 aromatic rings. The molecule has 1 rings (SSSR count). The zero-order chi connectivity index (χ0) is 12.5. The molecule has 17 heavy (non-hydrogen) atoms. The van der Waals surface area contributed by atoms with Gasteiger partial charge in [-0.1, -0.05) is 25.1 Å². The zero-order valence-electron chi connectivity index (χ0n) is 9.76. The Kier molecular flexibility index (Phi) is 5.68. The average molecular weight is 232 g/mol. The molecule has 0 radical (unpaired) electrons. The van der Waals surface area contributed by atoms with Crippen LogP contribution in [0, 0.1) is 0 Å². The highest BCUT2D eigenvalue weighted by molar-refractivity contribution is 5.75.